The third kappa shape index (κ3) is 3.70. The van der Waals surface area contributed by atoms with E-state index in [9.17, 15) is 13.2 Å². The Morgan fingerprint density at radius 2 is 1.96 bits per heavy atom. The number of carbonyl (C=O) groups excluding carboxylic acids is 1. The maximum absolute atomic E-state index is 12.4. The zero-order chi connectivity index (χ0) is 18.6. The van der Waals surface area contributed by atoms with E-state index in [-0.39, 0.29) is 28.7 Å². The van der Waals surface area contributed by atoms with Crippen molar-refractivity contribution in [1.82, 2.24) is 0 Å². The average Bonchev–Trinajstić information content (AvgIpc) is 2.92. The fourth-order valence-corrected chi connectivity index (χ4v) is 7.07. The molecule has 2 atom stereocenters. The summed E-state index contributed by atoms with van der Waals surface area (Å²) in [6, 6.07) is 4.86. The van der Waals surface area contributed by atoms with Crippen LogP contribution in [0.3, 0.4) is 0 Å². The molecule has 1 amide bonds. The number of fused-ring (bicyclic) bond motifs is 1. The highest BCUT2D eigenvalue weighted by Crippen LogP contribution is 2.44. The van der Waals surface area contributed by atoms with Gasteiger partial charge in [0.25, 0.3) is 5.91 Å². The molecule has 0 radical (unpaired) electrons. The maximum Gasteiger partial charge on any atom is 0.253 e. The summed E-state index contributed by atoms with van der Waals surface area (Å²) in [4.78, 5) is 18.4. The molecule has 136 valence electrons. The van der Waals surface area contributed by atoms with Gasteiger partial charge in [-0.2, -0.15) is 4.99 Å². The van der Waals surface area contributed by atoms with Gasteiger partial charge >= 0.3 is 0 Å². The summed E-state index contributed by atoms with van der Waals surface area (Å²) in [5.74, 6) is -0.184. The van der Waals surface area contributed by atoms with E-state index >= 15 is 0 Å². The summed E-state index contributed by atoms with van der Waals surface area (Å²) in [5.41, 5.74) is -0.0482. The SMILES string of the molecule is CC(C)(C)C(=O)N=C1S[C@H]2CS(=O)(=O)C[C@@H]2N1c1cccc(Cl)c1Cl. The molecule has 0 saturated carbocycles. The molecule has 3 rings (SSSR count). The maximum atomic E-state index is 12.4. The zero-order valence-electron chi connectivity index (χ0n) is 14.0. The van der Waals surface area contributed by atoms with Gasteiger partial charge in [-0.3, -0.25) is 4.79 Å². The van der Waals surface area contributed by atoms with Crippen LogP contribution in [0.2, 0.25) is 10.0 Å². The fourth-order valence-electron chi connectivity index (χ4n) is 2.78. The van der Waals surface area contributed by atoms with Gasteiger partial charge in [0, 0.05) is 10.7 Å². The lowest BCUT2D eigenvalue weighted by atomic mass is 9.96. The highest BCUT2D eigenvalue weighted by Gasteiger charge is 2.50. The molecule has 25 heavy (non-hydrogen) atoms. The highest BCUT2D eigenvalue weighted by molar-refractivity contribution is 8.16. The number of halogens is 2. The van der Waals surface area contributed by atoms with Crippen LogP contribution in [0.1, 0.15) is 20.8 Å². The van der Waals surface area contributed by atoms with Crippen molar-refractivity contribution >= 4 is 61.6 Å². The first kappa shape index (κ1) is 19.0. The van der Waals surface area contributed by atoms with Gasteiger partial charge in [0.1, 0.15) is 0 Å². The number of sulfone groups is 1. The van der Waals surface area contributed by atoms with Crippen molar-refractivity contribution in [2.24, 2.45) is 10.4 Å². The van der Waals surface area contributed by atoms with Gasteiger partial charge in [0.15, 0.2) is 15.0 Å². The van der Waals surface area contributed by atoms with Crippen LogP contribution < -0.4 is 4.90 Å². The molecule has 2 aliphatic rings. The summed E-state index contributed by atoms with van der Waals surface area (Å²) in [5, 5.41) is 1.00. The summed E-state index contributed by atoms with van der Waals surface area (Å²) in [7, 11) is -3.13. The van der Waals surface area contributed by atoms with Crippen LogP contribution in [0, 0.1) is 5.41 Å². The minimum atomic E-state index is -3.13. The smallest absolute Gasteiger partial charge is 0.253 e. The predicted molar refractivity (Wildman–Crippen MR) is 105 cm³/mol. The lowest BCUT2D eigenvalue weighted by molar-refractivity contribution is -0.124. The molecule has 2 fully saturated rings. The second-order valence-electron chi connectivity index (χ2n) is 7.19. The topological polar surface area (TPSA) is 66.8 Å². The standard InChI is InChI=1S/C16H18Cl2N2O3S2/c1-16(2,3)14(21)19-15-20(10-6-4-5-9(17)13(10)18)11-7-25(22,23)8-12(11)24-15/h4-6,11-12H,7-8H2,1-3H3/t11-,12-/m0/s1. The number of nitrogens with zero attached hydrogens (tertiary/aromatic N) is 2. The minimum Gasteiger partial charge on any atom is -0.314 e. The number of anilines is 1. The lowest BCUT2D eigenvalue weighted by Crippen LogP contribution is -2.38. The van der Waals surface area contributed by atoms with E-state index in [1.165, 1.54) is 11.8 Å². The molecule has 0 aliphatic carbocycles. The zero-order valence-corrected chi connectivity index (χ0v) is 17.1. The molecule has 0 N–H and O–H groups in total. The Morgan fingerprint density at radius 3 is 2.60 bits per heavy atom. The van der Waals surface area contributed by atoms with Gasteiger partial charge < -0.3 is 4.90 Å². The van der Waals surface area contributed by atoms with Crippen molar-refractivity contribution in [3.05, 3.63) is 28.2 Å². The van der Waals surface area contributed by atoms with Crippen LogP contribution in [0.4, 0.5) is 5.69 Å². The largest absolute Gasteiger partial charge is 0.314 e. The number of hydrogen-bond acceptors (Lipinski definition) is 4. The van der Waals surface area contributed by atoms with Crippen LogP contribution in [0.25, 0.3) is 0 Å². The highest BCUT2D eigenvalue weighted by atomic mass is 35.5. The van der Waals surface area contributed by atoms with E-state index in [1.54, 1.807) is 43.9 Å². The number of carbonyl (C=O) groups is 1. The summed E-state index contributed by atoms with van der Waals surface area (Å²) < 4.78 is 24.1. The number of amidine groups is 1. The normalized spacial score (nSPS) is 26.9. The summed E-state index contributed by atoms with van der Waals surface area (Å²) in [6.07, 6.45) is 0. The van der Waals surface area contributed by atoms with Gasteiger partial charge in [0.05, 0.1) is 33.3 Å². The summed E-state index contributed by atoms with van der Waals surface area (Å²) >= 11 is 13.8. The average molecular weight is 421 g/mol. The third-order valence-electron chi connectivity index (χ3n) is 4.10. The lowest BCUT2D eigenvalue weighted by Gasteiger charge is -2.26. The van der Waals surface area contributed by atoms with Gasteiger partial charge in [-0.05, 0) is 12.1 Å². The van der Waals surface area contributed by atoms with E-state index in [2.05, 4.69) is 4.99 Å². The van der Waals surface area contributed by atoms with Gasteiger partial charge in [-0.15, -0.1) is 0 Å². The number of amides is 1. The van der Waals surface area contributed by atoms with Crippen LogP contribution >= 0.6 is 35.0 Å². The van der Waals surface area contributed by atoms with Crippen LogP contribution in [-0.2, 0) is 14.6 Å². The molecular weight excluding hydrogens is 403 g/mol. The van der Waals surface area contributed by atoms with Crippen LogP contribution in [-0.4, -0.2) is 42.3 Å². The fraction of sp³-hybridized carbons (Fsp3) is 0.500. The first-order chi connectivity index (χ1) is 11.5. The number of thioether (sulfide) groups is 1. The van der Waals surface area contributed by atoms with Gasteiger partial charge in [-0.1, -0.05) is 61.8 Å². The Hall–Kier alpha value is -0.760. The Morgan fingerprint density at radius 1 is 1.28 bits per heavy atom. The van der Waals surface area contributed by atoms with Crippen LogP contribution in [0.15, 0.2) is 23.2 Å². The molecule has 0 unspecified atom stereocenters. The number of benzene rings is 1. The minimum absolute atomic E-state index is 0.0102. The molecule has 2 saturated heterocycles. The first-order valence-electron chi connectivity index (χ1n) is 7.73. The second-order valence-corrected chi connectivity index (χ2v) is 11.3. The van der Waals surface area contributed by atoms with E-state index in [0.29, 0.717) is 20.9 Å². The molecule has 5 nitrogen and oxygen atoms in total. The van der Waals surface area contributed by atoms with Crippen molar-refractivity contribution in [2.75, 3.05) is 16.4 Å². The molecule has 0 spiro atoms. The van der Waals surface area contributed by atoms with Crippen molar-refractivity contribution in [3.8, 4) is 0 Å². The Bertz CT molecular complexity index is 863. The van der Waals surface area contributed by atoms with Crippen molar-refractivity contribution < 1.29 is 13.2 Å². The monoisotopic (exact) mass is 420 g/mol. The number of aliphatic imine (C=N–C) groups is 1. The molecular formula is C16H18Cl2N2O3S2. The van der Waals surface area contributed by atoms with Gasteiger partial charge in [-0.25, -0.2) is 8.42 Å². The number of rotatable bonds is 1. The van der Waals surface area contributed by atoms with Crippen molar-refractivity contribution in [1.29, 1.82) is 0 Å². The van der Waals surface area contributed by atoms with Gasteiger partial charge in [0.2, 0.25) is 0 Å². The Labute approximate surface area is 161 Å². The first-order valence-corrected chi connectivity index (χ1v) is 11.2. The molecule has 1 aromatic carbocycles. The molecule has 2 aliphatic heterocycles. The molecule has 0 bridgehead atoms. The Kier molecular flexibility index (Phi) is 4.90. The number of hydrogen-bond donors (Lipinski definition) is 0. The Balaban J connectivity index is 2.09. The van der Waals surface area contributed by atoms with E-state index in [0.717, 1.165) is 0 Å². The van der Waals surface area contributed by atoms with E-state index in [4.69, 9.17) is 23.2 Å². The van der Waals surface area contributed by atoms with Crippen molar-refractivity contribution in [2.45, 2.75) is 32.1 Å². The van der Waals surface area contributed by atoms with Crippen LogP contribution in [0.5, 0.6) is 0 Å². The second kappa shape index (κ2) is 6.44. The van der Waals surface area contributed by atoms with E-state index in [1.807, 2.05) is 0 Å². The third-order valence-corrected chi connectivity index (χ3v) is 8.11. The molecule has 9 heteroatoms. The van der Waals surface area contributed by atoms with E-state index < -0.39 is 15.3 Å². The predicted octanol–water partition coefficient (Wildman–Crippen LogP) is 3.64. The van der Waals surface area contributed by atoms with Crippen molar-refractivity contribution in [3.63, 3.8) is 0 Å². The molecule has 1 aromatic rings. The molecule has 0 aromatic heterocycles. The molecule has 2 heterocycles. The quantitative estimate of drug-likeness (QED) is 0.693. The summed E-state index contributed by atoms with van der Waals surface area (Å²) in [6.45, 7) is 5.38.